The Bertz CT molecular complexity index is 889. The number of phosphoric acid groups is 1. The lowest BCUT2D eigenvalue weighted by Gasteiger charge is -2.20. The highest BCUT2D eigenvalue weighted by Gasteiger charge is 2.27. The molecule has 0 aromatic rings. The molecule has 10 nitrogen and oxygen atoms in total. The molecule has 0 rings (SSSR count). The van der Waals surface area contributed by atoms with Crippen molar-refractivity contribution >= 4 is 19.8 Å². The minimum atomic E-state index is -4.58. The molecule has 0 saturated carbocycles. The standard InChI is InChI=1S/C44H87O10P/c1-3-5-6-7-8-9-10-11-12-13-14-15-16-17-18-19-20-21-22-23-24-25-26-27-28-29-30-31-32-33-34-36-43(47)51-39-42(54-44(48)35-4-2)40-53-55(49,50)52-38-41(46)37-45/h41-42,45-46H,3-40H2,1-2H3,(H,49,50)/t41-,42+/m0/s1. The van der Waals surface area contributed by atoms with Gasteiger partial charge in [-0.1, -0.05) is 206 Å². The quantitative estimate of drug-likeness (QED) is 0.0308. The summed E-state index contributed by atoms with van der Waals surface area (Å²) >= 11 is 0. The third-order valence-electron chi connectivity index (χ3n) is 10.2. The molecule has 0 bridgehead atoms. The van der Waals surface area contributed by atoms with Gasteiger partial charge in [0, 0.05) is 12.8 Å². The predicted molar refractivity (Wildman–Crippen MR) is 224 cm³/mol. The van der Waals surface area contributed by atoms with Crippen LogP contribution in [0.1, 0.15) is 232 Å². The molecule has 0 aliphatic rings. The highest BCUT2D eigenvalue weighted by molar-refractivity contribution is 7.47. The Morgan fingerprint density at radius 2 is 0.818 bits per heavy atom. The molecule has 0 aromatic carbocycles. The Morgan fingerprint density at radius 1 is 0.473 bits per heavy atom. The van der Waals surface area contributed by atoms with E-state index >= 15 is 0 Å². The van der Waals surface area contributed by atoms with Gasteiger partial charge in [-0.15, -0.1) is 0 Å². The molecule has 55 heavy (non-hydrogen) atoms. The summed E-state index contributed by atoms with van der Waals surface area (Å²) in [5.41, 5.74) is 0. The van der Waals surface area contributed by atoms with Crippen LogP contribution in [0.5, 0.6) is 0 Å². The molecule has 11 heteroatoms. The molecule has 3 atom stereocenters. The maximum Gasteiger partial charge on any atom is 0.472 e. The monoisotopic (exact) mass is 807 g/mol. The first-order valence-electron chi connectivity index (χ1n) is 23.0. The van der Waals surface area contributed by atoms with Gasteiger partial charge in [0.2, 0.25) is 0 Å². The van der Waals surface area contributed by atoms with Crippen LogP contribution in [0.3, 0.4) is 0 Å². The van der Waals surface area contributed by atoms with Gasteiger partial charge in [0.25, 0.3) is 0 Å². The van der Waals surface area contributed by atoms with E-state index in [-0.39, 0.29) is 19.4 Å². The third-order valence-corrected chi connectivity index (χ3v) is 11.2. The molecule has 0 radical (unpaired) electrons. The number of ether oxygens (including phenoxy) is 2. The number of hydrogen-bond acceptors (Lipinski definition) is 9. The van der Waals surface area contributed by atoms with Crippen LogP contribution < -0.4 is 0 Å². The van der Waals surface area contributed by atoms with Crippen molar-refractivity contribution in [2.75, 3.05) is 26.4 Å². The Hall–Kier alpha value is -1.03. The van der Waals surface area contributed by atoms with Crippen molar-refractivity contribution in [3.63, 3.8) is 0 Å². The van der Waals surface area contributed by atoms with Crippen LogP contribution in [0.2, 0.25) is 0 Å². The number of carbonyl (C=O) groups is 2. The summed E-state index contributed by atoms with van der Waals surface area (Å²) < 4.78 is 32.0. The topological polar surface area (TPSA) is 149 Å². The van der Waals surface area contributed by atoms with Crippen LogP contribution in [0.4, 0.5) is 0 Å². The molecule has 0 heterocycles. The molecule has 0 aliphatic carbocycles. The second kappa shape index (κ2) is 41.1. The summed E-state index contributed by atoms with van der Waals surface area (Å²) in [5.74, 6) is -0.973. The fraction of sp³-hybridized carbons (Fsp3) is 0.955. The normalized spacial score (nSPS) is 13.8. The lowest BCUT2D eigenvalue weighted by molar-refractivity contribution is -0.161. The molecule has 3 N–H and O–H groups in total. The minimum Gasteiger partial charge on any atom is -0.462 e. The summed E-state index contributed by atoms with van der Waals surface area (Å²) in [7, 11) is -4.58. The van der Waals surface area contributed by atoms with Gasteiger partial charge in [0.05, 0.1) is 19.8 Å². The minimum absolute atomic E-state index is 0.139. The second-order valence-corrected chi connectivity index (χ2v) is 17.3. The van der Waals surface area contributed by atoms with E-state index < -0.39 is 51.8 Å². The molecule has 0 saturated heterocycles. The van der Waals surface area contributed by atoms with Crippen LogP contribution in [0.15, 0.2) is 0 Å². The van der Waals surface area contributed by atoms with E-state index in [1.165, 1.54) is 180 Å². The zero-order valence-corrected chi connectivity index (χ0v) is 36.6. The molecular formula is C44H87O10P. The van der Waals surface area contributed by atoms with Crippen molar-refractivity contribution < 1.29 is 47.8 Å². The fourth-order valence-corrected chi connectivity index (χ4v) is 7.53. The summed E-state index contributed by atoms with van der Waals surface area (Å²) in [6.45, 7) is 1.99. The second-order valence-electron chi connectivity index (χ2n) is 15.8. The molecule has 0 fully saturated rings. The molecular weight excluding hydrogens is 719 g/mol. The van der Waals surface area contributed by atoms with Gasteiger partial charge in [-0.25, -0.2) is 4.57 Å². The van der Waals surface area contributed by atoms with Gasteiger partial charge < -0.3 is 24.6 Å². The third kappa shape index (κ3) is 40.9. The maximum absolute atomic E-state index is 12.2. The van der Waals surface area contributed by atoms with Gasteiger partial charge in [-0.05, 0) is 12.8 Å². The predicted octanol–water partition coefficient (Wildman–Crippen LogP) is 12.2. The van der Waals surface area contributed by atoms with E-state index in [0.29, 0.717) is 12.8 Å². The van der Waals surface area contributed by atoms with Gasteiger partial charge in [-0.2, -0.15) is 0 Å². The Balaban J connectivity index is 3.57. The number of aliphatic hydroxyl groups is 2. The first-order valence-corrected chi connectivity index (χ1v) is 24.5. The number of phosphoric ester groups is 1. The molecule has 1 unspecified atom stereocenters. The summed E-state index contributed by atoms with van der Waals surface area (Å²) in [5, 5.41) is 18.1. The van der Waals surface area contributed by atoms with Crippen LogP contribution in [0.25, 0.3) is 0 Å². The lowest BCUT2D eigenvalue weighted by Crippen LogP contribution is -2.29. The molecule has 0 spiro atoms. The fourth-order valence-electron chi connectivity index (χ4n) is 6.74. The Kier molecular flexibility index (Phi) is 40.4. The Labute approximate surface area is 337 Å². The van der Waals surface area contributed by atoms with Crippen LogP contribution >= 0.6 is 7.82 Å². The Morgan fingerprint density at radius 3 is 1.16 bits per heavy atom. The van der Waals surface area contributed by atoms with Crippen molar-refractivity contribution in [3.05, 3.63) is 0 Å². The molecule has 0 aliphatic heterocycles. The van der Waals surface area contributed by atoms with E-state index in [1.807, 2.05) is 0 Å². The number of unbranched alkanes of at least 4 members (excludes halogenated alkanes) is 30. The van der Waals surface area contributed by atoms with Crippen molar-refractivity contribution in [3.8, 4) is 0 Å². The number of rotatable bonds is 44. The molecule has 0 aromatic heterocycles. The first-order chi connectivity index (χ1) is 26.7. The van der Waals surface area contributed by atoms with Crippen molar-refractivity contribution in [1.29, 1.82) is 0 Å². The van der Waals surface area contributed by atoms with E-state index in [9.17, 15) is 24.2 Å². The number of hydrogen-bond donors (Lipinski definition) is 3. The van der Waals surface area contributed by atoms with Gasteiger partial charge in [-0.3, -0.25) is 18.6 Å². The highest BCUT2D eigenvalue weighted by Crippen LogP contribution is 2.43. The van der Waals surface area contributed by atoms with Crippen LogP contribution in [-0.4, -0.2) is 65.7 Å². The van der Waals surface area contributed by atoms with E-state index in [4.69, 9.17) is 19.1 Å². The zero-order valence-electron chi connectivity index (χ0n) is 35.7. The van der Waals surface area contributed by atoms with Crippen molar-refractivity contribution in [1.82, 2.24) is 0 Å². The summed E-state index contributed by atoms with van der Waals surface area (Å²) in [4.78, 5) is 34.0. The number of esters is 2. The van der Waals surface area contributed by atoms with Crippen LogP contribution in [0, 0.1) is 0 Å². The number of aliphatic hydroxyl groups excluding tert-OH is 2. The summed E-state index contributed by atoms with van der Waals surface area (Å²) in [6, 6.07) is 0. The lowest BCUT2D eigenvalue weighted by atomic mass is 10.0. The van der Waals surface area contributed by atoms with Crippen molar-refractivity contribution in [2.45, 2.75) is 244 Å². The van der Waals surface area contributed by atoms with Gasteiger partial charge in [0.1, 0.15) is 12.7 Å². The first kappa shape index (κ1) is 54.0. The average Bonchev–Trinajstić information content (AvgIpc) is 3.17. The molecule has 328 valence electrons. The van der Waals surface area contributed by atoms with Gasteiger partial charge in [0.15, 0.2) is 6.10 Å². The average molecular weight is 807 g/mol. The summed E-state index contributed by atoms with van der Waals surface area (Å²) in [6.07, 6.45) is 40.3. The van der Waals surface area contributed by atoms with Crippen LogP contribution in [-0.2, 0) is 32.7 Å². The van der Waals surface area contributed by atoms with E-state index in [0.717, 1.165) is 12.8 Å². The SMILES string of the molecule is CCCCCCCCCCCCCCCCCCCCCCCCCCCCCCCCCC(=O)OC[C@H](COP(=O)(O)OC[C@@H](O)CO)OC(=O)CCC. The van der Waals surface area contributed by atoms with E-state index in [2.05, 4.69) is 11.4 Å². The largest absolute Gasteiger partial charge is 0.472 e. The highest BCUT2D eigenvalue weighted by atomic mass is 31.2. The molecule has 0 amide bonds. The maximum atomic E-state index is 12.2. The van der Waals surface area contributed by atoms with Gasteiger partial charge >= 0.3 is 19.8 Å². The zero-order chi connectivity index (χ0) is 40.5. The number of carbonyl (C=O) groups excluding carboxylic acids is 2. The van der Waals surface area contributed by atoms with E-state index in [1.54, 1.807) is 6.92 Å². The smallest absolute Gasteiger partial charge is 0.462 e. The van der Waals surface area contributed by atoms with Crippen molar-refractivity contribution in [2.24, 2.45) is 0 Å².